The highest BCUT2D eigenvalue weighted by atomic mass is 16.4. The Kier molecular flexibility index (Phi) is 6.65. The SMILES string of the molecule is CC1CC1C(=O)Nc1ccc(C(=O)N(CCCC(=O)O)Cc2ccccc2)cc1. The lowest BCUT2D eigenvalue weighted by molar-refractivity contribution is -0.137. The molecule has 0 heterocycles. The second kappa shape index (κ2) is 9.37. The van der Waals surface area contributed by atoms with Crippen LogP contribution in [0.3, 0.4) is 0 Å². The Morgan fingerprint density at radius 1 is 1.07 bits per heavy atom. The maximum Gasteiger partial charge on any atom is 0.303 e. The van der Waals surface area contributed by atoms with E-state index >= 15 is 0 Å². The standard InChI is InChI=1S/C23H26N2O4/c1-16-14-20(16)22(28)24-19-11-9-18(10-12-19)23(29)25(13-5-8-21(26)27)15-17-6-3-2-4-7-17/h2-4,6-7,9-12,16,20H,5,8,13-15H2,1H3,(H,24,28)(H,26,27). The fourth-order valence-corrected chi connectivity index (χ4v) is 3.28. The molecule has 1 saturated carbocycles. The first-order valence-corrected chi connectivity index (χ1v) is 9.90. The summed E-state index contributed by atoms with van der Waals surface area (Å²) in [6.45, 7) is 2.83. The summed E-state index contributed by atoms with van der Waals surface area (Å²) in [5.74, 6) is -0.480. The highest BCUT2D eigenvalue weighted by molar-refractivity contribution is 5.97. The van der Waals surface area contributed by atoms with Crippen molar-refractivity contribution in [2.45, 2.75) is 32.7 Å². The Balaban J connectivity index is 1.66. The lowest BCUT2D eigenvalue weighted by Crippen LogP contribution is -2.31. The van der Waals surface area contributed by atoms with Gasteiger partial charge in [-0.2, -0.15) is 0 Å². The van der Waals surface area contributed by atoms with Gasteiger partial charge in [-0.05, 0) is 48.6 Å². The second-order valence-corrected chi connectivity index (χ2v) is 7.60. The van der Waals surface area contributed by atoms with E-state index in [1.54, 1.807) is 29.2 Å². The lowest BCUT2D eigenvalue weighted by atomic mass is 10.1. The van der Waals surface area contributed by atoms with E-state index in [0.29, 0.717) is 36.7 Å². The van der Waals surface area contributed by atoms with Gasteiger partial charge < -0.3 is 15.3 Å². The number of benzene rings is 2. The van der Waals surface area contributed by atoms with Crippen molar-refractivity contribution in [2.75, 3.05) is 11.9 Å². The zero-order valence-electron chi connectivity index (χ0n) is 16.5. The Bertz CT molecular complexity index is 864. The van der Waals surface area contributed by atoms with Crippen LogP contribution in [0.5, 0.6) is 0 Å². The van der Waals surface area contributed by atoms with Crippen LogP contribution in [0.15, 0.2) is 54.6 Å². The third-order valence-corrected chi connectivity index (χ3v) is 5.17. The van der Waals surface area contributed by atoms with Crippen LogP contribution in [0.1, 0.15) is 42.1 Å². The van der Waals surface area contributed by atoms with Crippen LogP contribution in [-0.2, 0) is 16.1 Å². The quantitative estimate of drug-likeness (QED) is 0.677. The highest BCUT2D eigenvalue weighted by Crippen LogP contribution is 2.38. The Hall–Kier alpha value is -3.15. The summed E-state index contributed by atoms with van der Waals surface area (Å²) in [6.07, 6.45) is 1.33. The monoisotopic (exact) mass is 394 g/mol. The van der Waals surface area contributed by atoms with Gasteiger partial charge >= 0.3 is 5.97 Å². The normalized spacial score (nSPS) is 17.4. The van der Waals surface area contributed by atoms with Gasteiger partial charge in [0.25, 0.3) is 5.91 Å². The average Bonchev–Trinajstić information content (AvgIpc) is 3.45. The molecule has 1 aliphatic rings. The van der Waals surface area contributed by atoms with E-state index in [9.17, 15) is 14.4 Å². The topological polar surface area (TPSA) is 86.7 Å². The summed E-state index contributed by atoms with van der Waals surface area (Å²) in [5, 5.41) is 11.8. The Morgan fingerprint density at radius 3 is 2.31 bits per heavy atom. The van der Waals surface area contributed by atoms with E-state index in [0.717, 1.165) is 12.0 Å². The van der Waals surface area contributed by atoms with Crippen molar-refractivity contribution in [1.29, 1.82) is 0 Å². The van der Waals surface area contributed by atoms with Gasteiger partial charge in [0, 0.05) is 36.7 Å². The van der Waals surface area contributed by atoms with Gasteiger partial charge in [-0.15, -0.1) is 0 Å². The minimum Gasteiger partial charge on any atom is -0.481 e. The first kappa shape index (κ1) is 20.6. The van der Waals surface area contributed by atoms with E-state index in [2.05, 4.69) is 12.2 Å². The van der Waals surface area contributed by atoms with Gasteiger partial charge in [-0.3, -0.25) is 14.4 Å². The van der Waals surface area contributed by atoms with E-state index in [4.69, 9.17) is 5.11 Å². The molecule has 2 aromatic carbocycles. The summed E-state index contributed by atoms with van der Waals surface area (Å²) in [7, 11) is 0. The van der Waals surface area contributed by atoms with Crippen LogP contribution in [0.25, 0.3) is 0 Å². The highest BCUT2D eigenvalue weighted by Gasteiger charge is 2.39. The number of amides is 2. The number of hydrogen-bond acceptors (Lipinski definition) is 3. The predicted molar refractivity (Wildman–Crippen MR) is 110 cm³/mol. The Labute approximate surface area is 170 Å². The number of nitrogens with zero attached hydrogens (tertiary/aromatic N) is 1. The third-order valence-electron chi connectivity index (χ3n) is 5.17. The lowest BCUT2D eigenvalue weighted by Gasteiger charge is -2.23. The number of carbonyl (C=O) groups excluding carboxylic acids is 2. The molecule has 0 bridgehead atoms. The molecule has 0 radical (unpaired) electrons. The molecule has 29 heavy (non-hydrogen) atoms. The summed E-state index contributed by atoms with van der Waals surface area (Å²) in [6, 6.07) is 16.5. The van der Waals surface area contributed by atoms with E-state index in [1.165, 1.54) is 0 Å². The number of carboxylic acid groups (broad SMARTS) is 1. The van der Waals surface area contributed by atoms with Crippen molar-refractivity contribution >= 4 is 23.5 Å². The van der Waals surface area contributed by atoms with Crippen LogP contribution in [0, 0.1) is 11.8 Å². The molecule has 2 unspecified atom stereocenters. The molecule has 1 aliphatic carbocycles. The minimum absolute atomic E-state index is 0.0170. The molecule has 2 aromatic rings. The van der Waals surface area contributed by atoms with Gasteiger partial charge in [0.05, 0.1) is 0 Å². The van der Waals surface area contributed by atoms with E-state index in [-0.39, 0.29) is 24.2 Å². The van der Waals surface area contributed by atoms with Crippen molar-refractivity contribution in [2.24, 2.45) is 11.8 Å². The van der Waals surface area contributed by atoms with Crippen LogP contribution in [0.2, 0.25) is 0 Å². The summed E-state index contributed by atoms with van der Waals surface area (Å²) < 4.78 is 0. The number of carboxylic acids is 1. The summed E-state index contributed by atoms with van der Waals surface area (Å²) in [5.41, 5.74) is 2.17. The number of hydrogen-bond donors (Lipinski definition) is 2. The van der Waals surface area contributed by atoms with Gasteiger partial charge in [-0.1, -0.05) is 37.3 Å². The fourth-order valence-electron chi connectivity index (χ4n) is 3.28. The maximum absolute atomic E-state index is 13.0. The molecule has 6 heteroatoms. The van der Waals surface area contributed by atoms with Gasteiger partial charge in [0.2, 0.25) is 5.91 Å². The first-order chi connectivity index (χ1) is 13.9. The van der Waals surface area contributed by atoms with Crippen molar-refractivity contribution < 1.29 is 19.5 Å². The molecule has 152 valence electrons. The molecule has 0 aromatic heterocycles. The molecule has 1 fully saturated rings. The van der Waals surface area contributed by atoms with Gasteiger partial charge in [0.1, 0.15) is 0 Å². The largest absolute Gasteiger partial charge is 0.481 e. The van der Waals surface area contributed by atoms with Crippen molar-refractivity contribution in [3.63, 3.8) is 0 Å². The van der Waals surface area contributed by atoms with Gasteiger partial charge in [-0.25, -0.2) is 0 Å². The smallest absolute Gasteiger partial charge is 0.303 e. The summed E-state index contributed by atoms with van der Waals surface area (Å²) in [4.78, 5) is 37.6. The van der Waals surface area contributed by atoms with Gasteiger partial charge in [0.15, 0.2) is 0 Å². The molecular weight excluding hydrogens is 368 g/mol. The first-order valence-electron chi connectivity index (χ1n) is 9.90. The molecule has 6 nitrogen and oxygen atoms in total. The second-order valence-electron chi connectivity index (χ2n) is 7.60. The number of nitrogens with one attached hydrogen (secondary N) is 1. The predicted octanol–water partition coefficient (Wildman–Crippen LogP) is 3.79. The van der Waals surface area contributed by atoms with Crippen LogP contribution < -0.4 is 5.32 Å². The van der Waals surface area contributed by atoms with Crippen molar-refractivity contribution in [1.82, 2.24) is 4.90 Å². The maximum atomic E-state index is 13.0. The molecule has 0 saturated heterocycles. The number of carbonyl (C=O) groups is 3. The number of rotatable bonds is 9. The van der Waals surface area contributed by atoms with E-state index in [1.807, 2.05) is 30.3 Å². The van der Waals surface area contributed by atoms with E-state index < -0.39 is 5.97 Å². The zero-order valence-corrected chi connectivity index (χ0v) is 16.5. The Morgan fingerprint density at radius 2 is 1.72 bits per heavy atom. The van der Waals surface area contributed by atoms with Crippen molar-refractivity contribution in [3.05, 3.63) is 65.7 Å². The summed E-state index contributed by atoms with van der Waals surface area (Å²) >= 11 is 0. The van der Waals surface area contributed by atoms with Crippen LogP contribution >= 0.6 is 0 Å². The molecule has 2 N–H and O–H groups in total. The molecule has 2 atom stereocenters. The minimum atomic E-state index is -0.873. The molecule has 3 rings (SSSR count). The average molecular weight is 394 g/mol. The number of anilines is 1. The molecule has 2 amide bonds. The molecule has 0 aliphatic heterocycles. The fraction of sp³-hybridized carbons (Fsp3) is 0.348. The molecule has 0 spiro atoms. The third kappa shape index (κ3) is 5.91. The number of aliphatic carboxylic acids is 1. The molecular formula is C23H26N2O4. The van der Waals surface area contributed by atoms with Crippen molar-refractivity contribution in [3.8, 4) is 0 Å². The zero-order chi connectivity index (χ0) is 20.8. The van der Waals surface area contributed by atoms with Crippen LogP contribution in [-0.4, -0.2) is 34.3 Å². The van der Waals surface area contributed by atoms with Crippen LogP contribution in [0.4, 0.5) is 5.69 Å².